The van der Waals surface area contributed by atoms with Crippen LogP contribution >= 0.6 is 23.1 Å². The molecule has 1 saturated heterocycles. The predicted octanol–water partition coefficient (Wildman–Crippen LogP) is 1.48. The summed E-state index contributed by atoms with van der Waals surface area (Å²) >= 11 is 2.69. The van der Waals surface area contributed by atoms with Gasteiger partial charge in [-0.05, 0) is 25.7 Å². The Labute approximate surface area is 147 Å². The molecule has 1 atom stereocenters. The lowest BCUT2D eigenvalue weighted by Gasteiger charge is -2.20. The average Bonchev–Trinajstić information content (AvgIpc) is 3.27. The van der Waals surface area contributed by atoms with E-state index in [-0.39, 0.29) is 18.4 Å². The molecule has 4 amide bonds. The van der Waals surface area contributed by atoms with Crippen LogP contribution in [0.3, 0.4) is 0 Å². The van der Waals surface area contributed by atoms with Gasteiger partial charge in [0.15, 0.2) is 4.34 Å². The summed E-state index contributed by atoms with van der Waals surface area (Å²) in [6.07, 6.45) is 3.58. The van der Waals surface area contributed by atoms with Crippen molar-refractivity contribution in [3.63, 3.8) is 0 Å². The second-order valence-corrected chi connectivity index (χ2v) is 8.06. The van der Waals surface area contributed by atoms with Gasteiger partial charge in [0.1, 0.15) is 12.1 Å². The van der Waals surface area contributed by atoms with Crippen molar-refractivity contribution >= 4 is 46.1 Å². The normalized spacial score (nSPS) is 23.3. The third-order valence-corrected chi connectivity index (χ3v) is 5.94. The van der Waals surface area contributed by atoms with Gasteiger partial charge in [0.25, 0.3) is 5.91 Å². The van der Waals surface area contributed by atoms with Crippen molar-refractivity contribution in [2.75, 3.05) is 17.6 Å². The molecule has 1 aliphatic carbocycles. The lowest BCUT2D eigenvalue weighted by atomic mass is 9.96. The number of anilines is 1. The molecule has 1 unspecified atom stereocenters. The number of nitrogens with zero attached hydrogens (tertiary/aromatic N) is 3. The Kier molecular flexibility index (Phi) is 4.59. The summed E-state index contributed by atoms with van der Waals surface area (Å²) in [4.78, 5) is 37.5. The van der Waals surface area contributed by atoms with E-state index in [1.807, 2.05) is 0 Å². The minimum atomic E-state index is -0.880. The van der Waals surface area contributed by atoms with Gasteiger partial charge in [-0.15, -0.1) is 16.8 Å². The number of hydrogen-bond donors (Lipinski definition) is 2. The smallest absolute Gasteiger partial charge is 0.323 e. The van der Waals surface area contributed by atoms with Gasteiger partial charge in [0.05, 0.1) is 0 Å². The number of urea groups is 1. The summed E-state index contributed by atoms with van der Waals surface area (Å²) in [5.74, 6) is 0.0411. The average molecular weight is 367 g/mol. The highest BCUT2D eigenvalue weighted by atomic mass is 32.2. The van der Waals surface area contributed by atoms with Crippen LogP contribution in [-0.2, 0) is 9.59 Å². The van der Waals surface area contributed by atoms with Crippen LogP contribution in [0.25, 0.3) is 0 Å². The highest BCUT2D eigenvalue weighted by molar-refractivity contribution is 8.01. The van der Waals surface area contributed by atoms with Crippen LogP contribution < -0.4 is 10.6 Å². The summed E-state index contributed by atoms with van der Waals surface area (Å²) in [6.45, 7) is 5.01. The number of thioether (sulfide) groups is 1. The van der Waals surface area contributed by atoms with Gasteiger partial charge in [-0.3, -0.25) is 19.8 Å². The zero-order chi connectivity index (χ0) is 17.3. The quantitative estimate of drug-likeness (QED) is 0.327. The van der Waals surface area contributed by atoms with E-state index in [0.29, 0.717) is 15.2 Å². The SMILES string of the molecule is C=CCSc1nnc(NC(=O)CN2C(=O)NC(C)(C3CC3)C2=O)s1. The number of amides is 4. The van der Waals surface area contributed by atoms with E-state index in [0.717, 1.165) is 17.7 Å². The number of hydrogen-bond acceptors (Lipinski definition) is 7. The molecule has 1 aliphatic heterocycles. The minimum Gasteiger partial charge on any atom is -0.323 e. The zero-order valence-electron chi connectivity index (χ0n) is 13.1. The van der Waals surface area contributed by atoms with E-state index in [4.69, 9.17) is 0 Å². The van der Waals surface area contributed by atoms with Crippen LogP contribution in [0.5, 0.6) is 0 Å². The molecule has 3 rings (SSSR count). The second-order valence-electron chi connectivity index (χ2n) is 5.82. The van der Waals surface area contributed by atoms with Crippen LogP contribution in [0.1, 0.15) is 19.8 Å². The monoisotopic (exact) mass is 367 g/mol. The molecule has 0 aromatic carbocycles. The maximum absolute atomic E-state index is 12.5. The van der Waals surface area contributed by atoms with E-state index < -0.39 is 17.5 Å². The molecule has 2 aliphatic rings. The fourth-order valence-electron chi connectivity index (χ4n) is 2.55. The topological polar surface area (TPSA) is 104 Å². The van der Waals surface area contributed by atoms with Gasteiger partial charge in [-0.25, -0.2) is 4.79 Å². The highest BCUT2D eigenvalue weighted by Gasteiger charge is 2.56. The molecular weight excluding hydrogens is 350 g/mol. The standard InChI is InChI=1S/C14H17N5O3S2/c1-3-6-23-13-18-17-11(24-13)15-9(20)7-19-10(21)14(2,8-4-5-8)16-12(19)22/h3,8H,1,4-7H2,2H3,(H,16,22)(H,15,17,20). The summed E-state index contributed by atoms with van der Waals surface area (Å²) in [7, 11) is 0. The molecular formula is C14H17N5O3S2. The number of carbonyl (C=O) groups excluding carboxylic acids is 3. The molecule has 2 heterocycles. The van der Waals surface area contributed by atoms with Crippen LogP contribution in [0, 0.1) is 5.92 Å². The van der Waals surface area contributed by atoms with Crippen molar-refractivity contribution in [3.8, 4) is 0 Å². The van der Waals surface area contributed by atoms with Crippen molar-refractivity contribution in [2.45, 2.75) is 29.6 Å². The summed E-state index contributed by atoms with van der Waals surface area (Å²) < 4.78 is 0.710. The maximum Gasteiger partial charge on any atom is 0.325 e. The van der Waals surface area contributed by atoms with Crippen molar-refractivity contribution in [1.82, 2.24) is 20.4 Å². The van der Waals surface area contributed by atoms with Crippen LogP contribution in [0.2, 0.25) is 0 Å². The van der Waals surface area contributed by atoms with Gasteiger partial charge < -0.3 is 5.32 Å². The van der Waals surface area contributed by atoms with E-state index >= 15 is 0 Å². The Hall–Kier alpha value is -1.94. The Morgan fingerprint density at radius 2 is 2.29 bits per heavy atom. The summed E-state index contributed by atoms with van der Waals surface area (Å²) in [5.41, 5.74) is -0.880. The number of imide groups is 1. The van der Waals surface area contributed by atoms with Crippen LogP contribution in [-0.4, -0.2) is 50.8 Å². The van der Waals surface area contributed by atoms with Crippen LogP contribution in [0.15, 0.2) is 17.0 Å². The lowest BCUT2D eigenvalue weighted by Crippen LogP contribution is -2.46. The van der Waals surface area contributed by atoms with E-state index in [1.165, 1.54) is 23.1 Å². The molecule has 0 spiro atoms. The van der Waals surface area contributed by atoms with Gasteiger partial charge in [0.2, 0.25) is 11.0 Å². The highest BCUT2D eigenvalue weighted by Crippen LogP contribution is 2.42. The maximum atomic E-state index is 12.5. The second kappa shape index (κ2) is 6.52. The molecule has 0 radical (unpaired) electrons. The number of rotatable bonds is 7. The first kappa shape index (κ1) is 16.9. The molecule has 2 N–H and O–H groups in total. The molecule has 10 heteroatoms. The molecule has 8 nitrogen and oxygen atoms in total. The molecule has 0 bridgehead atoms. The lowest BCUT2D eigenvalue weighted by molar-refractivity contribution is -0.134. The largest absolute Gasteiger partial charge is 0.325 e. The van der Waals surface area contributed by atoms with E-state index in [9.17, 15) is 14.4 Å². The third-order valence-electron chi connectivity index (χ3n) is 3.97. The number of carbonyl (C=O) groups is 3. The minimum absolute atomic E-state index is 0.162. The Balaban J connectivity index is 1.58. The van der Waals surface area contributed by atoms with Crippen LogP contribution in [0.4, 0.5) is 9.93 Å². The first-order valence-corrected chi connectivity index (χ1v) is 9.25. The van der Waals surface area contributed by atoms with E-state index in [1.54, 1.807) is 13.0 Å². The van der Waals surface area contributed by atoms with Gasteiger partial charge in [0, 0.05) is 5.75 Å². The molecule has 1 aromatic rings. The third kappa shape index (κ3) is 3.29. The van der Waals surface area contributed by atoms with Crippen molar-refractivity contribution in [3.05, 3.63) is 12.7 Å². The molecule has 1 saturated carbocycles. The molecule has 128 valence electrons. The van der Waals surface area contributed by atoms with Gasteiger partial charge in [-0.1, -0.05) is 29.2 Å². The fourth-order valence-corrected chi connectivity index (χ4v) is 4.08. The van der Waals surface area contributed by atoms with Gasteiger partial charge >= 0.3 is 6.03 Å². The number of nitrogens with one attached hydrogen (secondary N) is 2. The Morgan fingerprint density at radius 3 is 2.96 bits per heavy atom. The summed E-state index contributed by atoms with van der Waals surface area (Å²) in [6, 6.07) is -0.524. The fraction of sp³-hybridized carbons (Fsp3) is 0.500. The first-order chi connectivity index (χ1) is 11.4. The van der Waals surface area contributed by atoms with E-state index in [2.05, 4.69) is 27.4 Å². The molecule has 24 heavy (non-hydrogen) atoms. The zero-order valence-corrected chi connectivity index (χ0v) is 14.7. The molecule has 1 aromatic heterocycles. The summed E-state index contributed by atoms with van der Waals surface area (Å²) in [5, 5.41) is 13.4. The van der Waals surface area contributed by atoms with Crippen molar-refractivity contribution in [2.24, 2.45) is 5.92 Å². The first-order valence-electron chi connectivity index (χ1n) is 7.45. The Morgan fingerprint density at radius 1 is 1.54 bits per heavy atom. The molecule has 2 fully saturated rings. The van der Waals surface area contributed by atoms with Crippen molar-refractivity contribution in [1.29, 1.82) is 0 Å². The number of aromatic nitrogens is 2. The Bertz CT molecular complexity index is 702. The van der Waals surface area contributed by atoms with Crippen molar-refractivity contribution < 1.29 is 14.4 Å². The van der Waals surface area contributed by atoms with Gasteiger partial charge in [-0.2, -0.15) is 0 Å². The predicted molar refractivity (Wildman–Crippen MR) is 90.8 cm³/mol.